The second kappa shape index (κ2) is 5.61. The Hall–Kier alpha value is -0.930. The zero-order valence-corrected chi connectivity index (χ0v) is 10.8. The van der Waals surface area contributed by atoms with E-state index in [4.69, 9.17) is 22.1 Å². The molecule has 0 spiro atoms. The molecule has 1 fully saturated rings. The minimum Gasteiger partial charge on any atom is -0.489 e. The van der Waals surface area contributed by atoms with E-state index in [1.54, 1.807) is 18.2 Å². The van der Waals surface area contributed by atoms with E-state index in [1.807, 2.05) is 0 Å². The molecule has 1 aromatic carbocycles. The van der Waals surface area contributed by atoms with Gasteiger partial charge in [-0.1, -0.05) is 11.6 Å². The zero-order chi connectivity index (χ0) is 12.3. The van der Waals surface area contributed by atoms with Crippen LogP contribution in [-0.4, -0.2) is 19.2 Å². The Morgan fingerprint density at radius 1 is 1.41 bits per heavy atom. The number of anilines is 1. The summed E-state index contributed by atoms with van der Waals surface area (Å²) in [6, 6.07) is 5.35. The fourth-order valence-electron chi connectivity index (χ4n) is 2.22. The quantitative estimate of drug-likeness (QED) is 0.816. The molecule has 0 aliphatic carbocycles. The smallest absolute Gasteiger partial charge is 0.140 e. The predicted octanol–water partition coefficient (Wildman–Crippen LogP) is 2.69. The first-order valence-corrected chi connectivity index (χ1v) is 6.47. The van der Waals surface area contributed by atoms with E-state index in [0.29, 0.717) is 22.4 Å². The maximum atomic E-state index is 6.09. The lowest BCUT2D eigenvalue weighted by molar-refractivity contribution is 0.128. The highest BCUT2D eigenvalue weighted by Gasteiger charge is 2.21. The van der Waals surface area contributed by atoms with E-state index in [1.165, 1.54) is 0 Å². The van der Waals surface area contributed by atoms with Crippen LogP contribution in [0.5, 0.6) is 5.75 Å². The minimum absolute atomic E-state index is 0.177. The van der Waals surface area contributed by atoms with Gasteiger partial charge in [-0.2, -0.15) is 0 Å². The summed E-state index contributed by atoms with van der Waals surface area (Å²) in [5.74, 6) is 1.28. The van der Waals surface area contributed by atoms with Gasteiger partial charge in [0.2, 0.25) is 0 Å². The summed E-state index contributed by atoms with van der Waals surface area (Å²) in [5, 5.41) is 3.98. The van der Waals surface area contributed by atoms with Crippen molar-refractivity contribution in [1.29, 1.82) is 0 Å². The van der Waals surface area contributed by atoms with Crippen LogP contribution >= 0.6 is 11.6 Å². The average Bonchev–Trinajstić information content (AvgIpc) is 2.35. The molecule has 0 bridgehead atoms. The van der Waals surface area contributed by atoms with Crippen molar-refractivity contribution >= 4 is 17.3 Å². The molecule has 1 heterocycles. The summed E-state index contributed by atoms with van der Waals surface area (Å²) in [4.78, 5) is 0. The topological polar surface area (TPSA) is 47.3 Å². The largest absolute Gasteiger partial charge is 0.489 e. The van der Waals surface area contributed by atoms with E-state index in [9.17, 15) is 0 Å². The Morgan fingerprint density at radius 2 is 2.12 bits per heavy atom. The maximum absolute atomic E-state index is 6.09. The fraction of sp³-hybridized carbons (Fsp3) is 0.538. The lowest BCUT2D eigenvalue weighted by atomic mass is 9.93. The summed E-state index contributed by atoms with van der Waals surface area (Å²) in [5.41, 5.74) is 6.42. The molecule has 1 saturated heterocycles. The Balaban J connectivity index is 2.01. The lowest BCUT2D eigenvalue weighted by Gasteiger charge is -2.29. The fourth-order valence-corrected chi connectivity index (χ4v) is 2.38. The van der Waals surface area contributed by atoms with Crippen LogP contribution in [0.2, 0.25) is 5.02 Å². The van der Waals surface area contributed by atoms with Crippen LogP contribution in [0.3, 0.4) is 0 Å². The predicted molar refractivity (Wildman–Crippen MR) is 71.5 cm³/mol. The molecular formula is C13H19ClN2O. The van der Waals surface area contributed by atoms with Crippen LogP contribution in [0.25, 0.3) is 0 Å². The summed E-state index contributed by atoms with van der Waals surface area (Å²) >= 11 is 6.09. The monoisotopic (exact) mass is 254 g/mol. The molecule has 1 aliphatic heterocycles. The number of rotatable bonds is 3. The molecule has 94 valence electrons. The van der Waals surface area contributed by atoms with Gasteiger partial charge in [0.25, 0.3) is 0 Å². The first kappa shape index (κ1) is 12.5. The van der Waals surface area contributed by atoms with Crippen molar-refractivity contribution in [3.05, 3.63) is 23.2 Å². The van der Waals surface area contributed by atoms with Crippen molar-refractivity contribution in [1.82, 2.24) is 5.32 Å². The summed E-state index contributed by atoms with van der Waals surface area (Å²) in [6.07, 6.45) is 2.48. The van der Waals surface area contributed by atoms with Gasteiger partial charge in [-0.05, 0) is 50.9 Å². The highest BCUT2D eigenvalue weighted by Crippen LogP contribution is 2.29. The van der Waals surface area contributed by atoms with Gasteiger partial charge < -0.3 is 15.8 Å². The van der Waals surface area contributed by atoms with Gasteiger partial charge in [-0.3, -0.25) is 0 Å². The molecule has 1 aromatic rings. The Morgan fingerprint density at radius 3 is 2.82 bits per heavy atom. The maximum Gasteiger partial charge on any atom is 0.140 e. The van der Waals surface area contributed by atoms with Gasteiger partial charge in [0.15, 0.2) is 0 Å². The van der Waals surface area contributed by atoms with E-state index in [0.717, 1.165) is 25.9 Å². The van der Waals surface area contributed by atoms with E-state index in [2.05, 4.69) is 12.2 Å². The van der Waals surface area contributed by atoms with Crippen LogP contribution in [0.1, 0.15) is 19.8 Å². The van der Waals surface area contributed by atoms with Crippen molar-refractivity contribution < 1.29 is 4.74 Å². The molecule has 3 nitrogen and oxygen atoms in total. The number of piperidine rings is 1. The summed E-state index contributed by atoms with van der Waals surface area (Å²) in [6.45, 7) is 4.25. The van der Waals surface area contributed by atoms with Crippen molar-refractivity contribution in [3.63, 3.8) is 0 Å². The molecule has 1 atom stereocenters. The first-order chi connectivity index (χ1) is 8.16. The van der Waals surface area contributed by atoms with Crippen LogP contribution in [0.4, 0.5) is 5.69 Å². The molecule has 2 rings (SSSR count). The first-order valence-electron chi connectivity index (χ1n) is 6.09. The number of benzene rings is 1. The van der Waals surface area contributed by atoms with E-state index >= 15 is 0 Å². The second-order valence-corrected chi connectivity index (χ2v) is 5.01. The standard InChI is InChI=1S/C13H19ClN2O/c1-9(10-4-6-16-7-5-10)17-13-8-11(15)2-3-12(13)14/h2-3,8-10,16H,4-7,15H2,1H3. The summed E-state index contributed by atoms with van der Waals surface area (Å²) in [7, 11) is 0. The third kappa shape index (κ3) is 3.27. The second-order valence-electron chi connectivity index (χ2n) is 4.60. The van der Waals surface area contributed by atoms with Crippen molar-refractivity contribution in [2.24, 2.45) is 5.92 Å². The molecular weight excluding hydrogens is 236 g/mol. The molecule has 0 aromatic heterocycles. The Bertz CT molecular complexity index is 378. The van der Waals surface area contributed by atoms with Gasteiger partial charge in [0.1, 0.15) is 5.75 Å². The number of hydrogen-bond donors (Lipinski definition) is 2. The molecule has 1 aliphatic rings. The number of nitrogens with one attached hydrogen (secondary N) is 1. The lowest BCUT2D eigenvalue weighted by Crippen LogP contribution is -2.35. The van der Waals surface area contributed by atoms with Crippen LogP contribution in [0, 0.1) is 5.92 Å². The third-order valence-corrected chi connectivity index (χ3v) is 3.63. The molecule has 0 saturated carbocycles. The van der Waals surface area contributed by atoms with Gasteiger partial charge in [0, 0.05) is 11.8 Å². The number of nitrogen functional groups attached to an aromatic ring is 1. The van der Waals surface area contributed by atoms with E-state index in [-0.39, 0.29) is 6.10 Å². The van der Waals surface area contributed by atoms with Gasteiger partial charge in [-0.15, -0.1) is 0 Å². The summed E-state index contributed by atoms with van der Waals surface area (Å²) < 4.78 is 5.93. The van der Waals surface area contributed by atoms with Crippen LogP contribution in [-0.2, 0) is 0 Å². The average molecular weight is 255 g/mol. The van der Waals surface area contributed by atoms with Crippen molar-refractivity contribution in [2.45, 2.75) is 25.9 Å². The Labute approximate surface area is 107 Å². The van der Waals surface area contributed by atoms with Gasteiger partial charge >= 0.3 is 0 Å². The SMILES string of the molecule is CC(Oc1cc(N)ccc1Cl)C1CCNCC1. The number of nitrogens with two attached hydrogens (primary N) is 1. The van der Waals surface area contributed by atoms with Crippen LogP contribution < -0.4 is 15.8 Å². The van der Waals surface area contributed by atoms with Gasteiger partial charge in [0.05, 0.1) is 11.1 Å². The molecule has 0 amide bonds. The molecule has 3 N–H and O–H groups in total. The van der Waals surface area contributed by atoms with Crippen molar-refractivity contribution in [3.8, 4) is 5.75 Å². The van der Waals surface area contributed by atoms with Crippen LogP contribution in [0.15, 0.2) is 18.2 Å². The zero-order valence-electron chi connectivity index (χ0n) is 10.1. The number of hydrogen-bond acceptors (Lipinski definition) is 3. The molecule has 4 heteroatoms. The number of halogens is 1. The van der Waals surface area contributed by atoms with E-state index < -0.39 is 0 Å². The van der Waals surface area contributed by atoms with Gasteiger partial charge in [-0.25, -0.2) is 0 Å². The molecule has 1 unspecified atom stereocenters. The highest BCUT2D eigenvalue weighted by molar-refractivity contribution is 6.32. The highest BCUT2D eigenvalue weighted by atomic mass is 35.5. The van der Waals surface area contributed by atoms with Crippen molar-refractivity contribution in [2.75, 3.05) is 18.8 Å². The number of ether oxygens (including phenoxy) is 1. The molecule has 0 radical (unpaired) electrons. The third-order valence-electron chi connectivity index (χ3n) is 3.32. The molecule has 17 heavy (non-hydrogen) atoms. The normalized spacial score (nSPS) is 18.9. The Kier molecular flexibility index (Phi) is 4.13. The minimum atomic E-state index is 0.177.